The van der Waals surface area contributed by atoms with Crippen LogP contribution in [0.1, 0.15) is 15.9 Å². The first kappa shape index (κ1) is 21.6. The Morgan fingerprint density at radius 1 is 0.968 bits per heavy atom. The molecule has 8 nitrogen and oxygen atoms in total. The molecular formula is C23H23N3O5. The van der Waals surface area contributed by atoms with Crippen LogP contribution in [0.15, 0.2) is 66.7 Å². The van der Waals surface area contributed by atoms with Crippen molar-refractivity contribution in [2.24, 2.45) is 0 Å². The number of carbonyl (C=O) groups is 1. The Hall–Kier alpha value is -4.07. The molecule has 0 atom stereocenters. The minimum atomic E-state index is -0.508. The van der Waals surface area contributed by atoms with Crippen molar-refractivity contribution >= 4 is 23.0 Å². The summed E-state index contributed by atoms with van der Waals surface area (Å²) in [7, 11) is 3.13. The number of rotatable bonds is 9. The lowest BCUT2D eigenvalue weighted by molar-refractivity contribution is -0.383. The van der Waals surface area contributed by atoms with Crippen LogP contribution >= 0.6 is 0 Å². The lowest BCUT2D eigenvalue weighted by Crippen LogP contribution is -2.25. The summed E-state index contributed by atoms with van der Waals surface area (Å²) in [6, 6.07) is 19.0. The molecule has 3 aromatic rings. The zero-order valence-corrected chi connectivity index (χ0v) is 17.3. The zero-order chi connectivity index (χ0) is 22.2. The van der Waals surface area contributed by atoms with E-state index in [2.05, 4.69) is 10.6 Å². The predicted molar refractivity (Wildman–Crippen MR) is 118 cm³/mol. The molecule has 0 aromatic heterocycles. The average Bonchev–Trinajstić information content (AvgIpc) is 2.79. The average molecular weight is 421 g/mol. The van der Waals surface area contributed by atoms with Gasteiger partial charge < -0.3 is 20.1 Å². The maximum absolute atomic E-state index is 12.5. The predicted octanol–water partition coefficient (Wildman–Crippen LogP) is 4.33. The summed E-state index contributed by atoms with van der Waals surface area (Å²) in [6.45, 7) is 0.367. The van der Waals surface area contributed by atoms with Gasteiger partial charge >= 0.3 is 0 Å². The molecule has 0 aliphatic rings. The third-order valence-electron chi connectivity index (χ3n) is 4.66. The molecule has 0 saturated heterocycles. The number of nitrogens with zero attached hydrogens (tertiary/aromatic N) is 1. The van der Waals surface area contributed by atoms with Gasteiger partial charge in [-0.2, -0.15) is 0 Å². The number of hydrogen-bond acceptors (Lipinski definition) is 6. The lowest BCUT2D eigenvalue weighted by Gasteiger charge is -2.11. The SMILES string of the molecule is COc1ccc(CCNC(=O)c2ccc(Nc3ccccc3)c([N+](=O)[O-])c2)cc1OC. The van der Waals surface area contributed by atoms with Crippen LogP contribution in [0.2, 0.25) is 0 Å². The first-order valence-electron chi connectivity index (χ1n) is 9.61. The topological polar surface area (TPSA) is 103 Å². The second-order valence-corrected chi connectivity index (χ2v) is 6.68. The summed E-state index contributed by atoms with van der Waals surface area (Å²) in [4.78, 5) is 23.5. The van der Waals surface area contributed by atoms with Crippen molar-refractivity contribution in [3.63, 3.8) is 0 Å². The third-order valence-corrected chi connectivity index (χ3v) is 4.66. The Morgan fingerprint density at radius 2 is 1.71 bits per heavy atom. The second kappa shape index (κ2) is 10.1. The summed E-state index contributed by atoms with van der Waals surface area (Å²) in [6.07, 6.45) is 0.571. The summed E-state index contributed by atoms with van der Waals surface area (Å²) in [5.74, 6) is 0.866. The van der Waals surface area contributed by atoms with E-state index in [1.165, 1.54) is 12.1 Å². The second-order valence-electron chi connectivity index (χ2n) is 6.68. The van der Waals surface area contributed by atoms with Crippen LogP contribution in [-0.2, 0) is 6.42 Å². The minimum absolute atomic E-state index is 0.170. The molecule has 3 rings (SSSR count). The Kier molecular flexibility index (Phi) is 7.05. The van der Waals surface area contributed by atoms with Gasteiger partial charge in [0.15, 0.2) is 11.5 Å². The van der Waals surface area contributed by atoms with E-state index in [9.17, 15) is 14.9 Å². The van der Waals surface area contributed by atoms with Crippen molar-refractivity contribution in [3.05, 3.63) is 88.0 Å². The summed E-state index contributed by atoms with van der Waals surface area (Å²) in [5.41, 5.74) is 2.05. The van der Waals surface area contributed by atoms with E-state index in [-0.39, 0.29) is 17.2 Å². The van der Waals surface area contributed by atoms with Gasteiger partial charge in [0, 0.05) is 23.9 Å². The van der Waals surface area contributed by atoms with Gasteiger partial charge in [0.05, 0.1) is 19.1 Å². The minimum Gasteiger partial charge on any atom is -0.493 e. The van der Waals surface area contributed by atoms with Crippen LogP contribution in [-0.4, -0.2) is 31.6 Å². The van der Waals surface area contributed by atoms with Crippen LogP contribution in [0.5, 0.6) is 11.5 Å². The highest BCUT2D eigenvalue weighted by Crippen LogP contribution is 2.29. The van der Waals surface area contributed by atoms with E-state index in [1.54, 1.807) is 38.5 Å². The van der Waals surface area contributed by atoms with Crippen molar-refractivity contribution in [2.45, 2.75) is 6.42 Å². The van der Waals surface area contributed by atoms with Crippen molar-refractivity contribution in [1.29, 1.82) is 0 Å². The molecule has 0 radical (unpaired) electrons. The van der Waals surface area contributed by atoms with E-state index >= 15 is 0 Å². The number of amides is 1. The fraction of sp³-hybridized carbons (Fsp3) is 0.174. The number of anilines is 2. The molecular weight excluding hydrogens is 398 g/mol. The van der Waals surface area contributed by atoms with Crippen molar-refractivity contribution in [3.8, 4) is 11.5 Å². The number of hydrogen-bond donors (Lipinski definition) is 2. The summed E-state index contributed by atoms with van der Waals surface area (Å²) >= 11 is 0. The van der Waals surface area contributed by atoms with E-state index < -0.39 is 4.92 Å². The highest BCUT2D eigenvalue weighted by atomic mass is 16.6. The smallest absolute Gasteiger partial charge is 0.293 e. The number of nitrogens with one attached hydrogen (secondary N) is 2. The quantitative estimate of drug-likeness (QED) is 0.394. The van der Waals surface area contributed by atoms with Gasteiger partial charge in [0.2, 0.25) is 0 Å². The van der Waals surface area contributed by atoms with Gasteiger partial charge in [-0.05, 0) is 48.4 Å². The van der Waals surface area contributed by atoms with Gasteiger partial charge in [-0.3, -0.25) is 14.9 Å². The Labute approximate surface area is 180 Å². The normalized spacial score (nSPS) is 10.3. The van der Waals surface area contributed by atoms with Crippen molar-refractivity contribution in [2.75, 3.05) is 26.1 Å². The number of nitro benzene ring substituents is 1. The molecule has 0 spiro atoms. The summed E-state index contributed by atoms with van der Waals surface area (Å²) in [5, 5.41) is 17.3. The standard InChI is InChI=1S/C23H23N3O5/c1-30-21-11-8-16(14-22(21)31-2)12-13-24-23(27)17-9-10-19(20(15-17)26(28)29)25-18-6-4-3-5-7-18/h3-11,14-15,25H,12-13H2,1-2H3,(H,24,27). The lowest BCUT2D eigenvalue weighted by atomic mass is 10.1. The number of nitro groups is 1. The molecule has 0 heterocycles. The van der Waals surface area contributed by atoms with Gasteiger partial charge in [0.25, 0.3) is 11.6 Å². The fourth-order valence-electron chi connectivity index (χ4n) is 3.07. The maximum atomic E-state index is 12.5. The van der Waals surface area contributed by atoms with E-state index in [0.717, 1.165) is 11.3 Å². The third kappa shape index (κ3) is 5.51. The Morgan fingerprint density at radius 3 is 2.39 bits per heavy atom. The molecule has 0 fully saturated rings. The molecule has 160 valence electrons. The number of carbonyl (C=O) groups excluding carboxylic acids is 1. The zero-order valence-electron chi connectivity index (χ0n) is 17.3. The van der Waals surface area contributed by atoms with Crippen LogP contribution in [0.4, 0.5) is 17.1 Å². The maximum Gasteiger partial charge on any atom is 0.293 e. The molecule has 0 saturated carbocycles. The molecule has 31 heavy (non-hydrogen) atoms. The molecule has 2 N–H and O–H groups in total. The monoisotopic (exact) mass is 421 g/mol. The van der Waals surface area contributed by atoms with Crippen LogP contribution in [0.3, 0.4) is 0 Å². The summed E-state index contributed by atoms with van der Waals surface area (Å²) < 4.78 is 10.5. The first-order valence-corrected chi connectivity index (χ1v) is 9.61. The Balaban J connectivity index is 1.66. The molecule has 0 aliphatic heterocycles. The van der Waals surface area contributed by atoms with E-state index in [4.69, 9.17) is 9.47 Å². The van der Waals surface area contributed by atoms with Crippen LogP contribution in [0, 0.1) is 10.1 Å². The van der Waals surface area contributed by atoms with Gasteiger partial charge in [-0.25, -0.2) is 0 Å². The molecule has 0 unspecified atom stereocenters. The van der Waals surface area contributed by atoms with Crippen LogP contribution in [0.25, 0.3) is 0 Å². The fourth-order valence-corrected chi connectivity index (χ4v) is 3.07. The van der Waals surface area contributed by atoms with Gasteiger partial charge in [-0.15, -0.1) is 0 Å². The molecule has 1 amide bonds. The highest BCUT2D eigenvalue weighted by molar-refractivity contribution is 5.96. The van der Waals surface area contributed by atoms with Crippen LogP contribution < -0.4 is 20.1 Å². The number of methoxy groups -OCH3 is 2. The molecule has 0 bridgehead atoms. The molecule has 8 heteroatoms. The molecule has 3 aromatic carbocycles. The van der Waals surface area contributed by atoms with Crippen molar-refractivity contribution in [1.82, 2.24) is 5.32 Å². The Bertz CT molecular complexity index is 1070. The largest absolute Gasteiger partial charge is 0.493 e. The number of ether oxygens (including phenoxy) is 2. The highest BCUT2D eigenvalue weighted by Gasteiger charge is 2.18. The molecule has 0 aliphatic carbocycles. The van der Waals surface area contributed by atoms with E-state index in [0.29, 0.717) is 30.2 Å². The van der Waals surface area contributed by atoms with Gasteiger partial charge in [0.1, 0.15) is 5.69 Å². The number of para-hydroxylation sites is 1. The first-order chi connectivity index (χ1) is 15.0. The number of benzene rings is 3. The van der Waals surface area contributed by atoms with E-state index in [1.807, 2.05) is 30.3 Å². The van der Waals surface area contributed by atoms with Gasteiger partial charge in [-0.1, -0.05) is 24.3 Å². The van der Waals surface area contributed by atoms with Crippen molar-refractivity contribution < 1.29 is 19.2 Å².